The Bertz CT molecular complexity index is 232. The second kappa shape index (κ2) is 5.33. The van der Waals surface area contributed by atoms with Crippen LogP contribution in [0.4, 0.5) is 0 Å². The monoisotopic (exact) mass is 224 g/mol. The highest BCUT2D eigenvalue weighted by atomic mass is 15.2. The summed E-state index contributed by atoms with van der Waals surface area (Å²) in [4.78, 5) is 0. The summed E-state index contributed by atoms with van der Waals surface area (Å²) in [6, 6.07) is 0.306. The first-order chi connectivity index (χ1) is 7.36. The van der Waals surface area contributed by atoms with Gasteiger partial charge in [0.1, 0.15) is 0 Å². The number of rotatable bonds is 3. The quantitative estimate of drug-likeness (QED) is 0.439. The first-order valence-electron chi connectivity index (χ1n) is 6.47. The van der Waals surface area contributed by atoms with E-state index in [0.717, 1.165) is 5.92 Å². The zero-order valence-corrected chi connectivity index (χ0v) is 11.3. The summed E-state index contributed by atoms with van der Waals surface area (Å²) in [5.74, 6) is 7.16. The van der Waals surface area contributed by atoms with E-state index in [9.17, 15) is 0 Å². The molecule has 0 aromatic carbocycles. The molecule has 1 aliphatic rings. The van der Waals surface area contributed by atoms with Gasteiger partial charge in [0.15, 0.2) is 0 Å². The van der Waals surface area contributed by atoms with Crippen LogP contribution in [0.15, 0.2) is 12.2 Å². The minimum Gasteiger partial charge on any atom is -0.271 e. The maximum absolute atomic E-state index is 5.61. The molecular weight excluding hydrogens is 196 g/mol. The fourth-order valence-corrected chi connectivity index (χ4v) is 3.00. The maximum Gasteiger partial charge on any atom is 0.0442 e. The van der Waals surface area contributed by atoms with Crippen molar-refractivity contribution in [2.24, 2.45) is 23.1 Å². The van der Waals surface area contributed by atoms with E-state index in [4.69, 9.17) is 5.84 Å². The lowest BCUT2D eigenvalue weighted by Gasteiger charge is -2.39. The lowest BCUT2D eigenvalue weighted by atomic mass is 9.68. The number of hydrogen-bond acceptors (Lipinski definition) is 2. The third kappa shape index (κ3) is 3.33. The number of nitrogens with one attached hydrogen (secondary N) is 1. The Morgan fingerprint density at radius 2 is 1.75 bits per heavy atom. The standard InChI is InChI=1S/C14H28N2/c1-10(2)13(16-15)11-6-8-12(9-7-11)14(3,4)5/h11-13,16H,1,6-9,15H2,2-5H3. The Morgan fingerprint density at radius 1 is 1.25 bits per heavy atom. The first-order valence-corrected chi connectivity index (χ1v) is 6.47. The molecule has 1 saturated carbocycles. The van der Waals surface area contributed by atoms with Crippen LogP contribution in [-0.2, 0) is 0 Å². The Morgan fingerprint density at radius 3 is 2.06 bits per heavy atom. The van der Waals surface area contributed by atoms with Crippen LogP contribution in [0.5, 0.6) is 0 Å². The Kier molecular flexibility index (Phi) is 4.57. The van der Waals surface area contributed by atoms with Crippen molar-refractivity contribution in [1.29, 1.82) is 0 Å². The van der Waals surface area contributed by atoms with Gasteiger partial charge in [0.25, 0.3) is 0 Å². The normalized spacial score (nSPS) is 28.8. The van der Waals surface area contributed by atoms with Gasteiger partial charge in [0.2, 0.25) is 0 Å². The molecule has 0 aromatic heterocycles. The van der Waals surface area contributed by atoms with E-state index in [0.29, 0.717) is 17.4 Å². The van der Waals surface area contributed by atoms with Crippen molar-refractivity contribution in [3.8, 4) is 0 Å². The van der Waals surface area contributed by atoms with Crippen LogP contribution in [0.1, 0.15) is 53.4 Å². The van der Waals surface area contributed by atoms with Crippen molar-refractivity contribution in [2.45, 2.75) is 59.4 Å². The van der Waals surface area contributed by atoms with Crippen LogP contribution in [-0.4, -0.2) is 6.04 Å². The molecule has 1 atom stereocenters. The molecule has 0 saturated heterocycles. The largest absolute Gasteiger partial charge is 0.271 e. The van der Waals surface area contributed by atoms with Crippen molar-refractivity contribution in [1.82, 2.24) is 5.43 Å². The summed E-state index contributed by atoms with van der Waals surface area (Å²) in [7, 11) is 0. The lowest BCUT2D eigenvalue weighted by Crippen LogP contribution is -2.43. The molecule has 94 valence electrons. The third-order valence-corrected chi connectivity index (χ3v) is 4.18. The minimum atomic E-state index is 0.306. The van der Waals surface area contributed by atoms with Gasteiger partial charge < -0.3 is 0 Å². The lowest BCUT2D eigenvalue weighted by molar-refractivity contribution is 0.138. The van der Waals surface area contributed by atoms with E-state index in [2.05, 4.69) is 39.7 Å². The Labute approximate surface area is 101 Å². The average molecular weight is 224 g/mol. The number of hydrazine groups is 1. The van der Waals surface area contributed by atoms with E-state index < -0.39 is 0 Å². The molecule has 0 bridgehead atoms. The van der Waals surface area contributed by atoms with Gasteiger partial charge in [0, 0.05) is 6.04 Å². The predicted molar refractivity (Wildman–Crippen MR) is 70.8 cm³/mol. The molecule has 0 aromatic rings. The molecule has 0 aliphatic heterocycles. The van der Waals surface area contributed by atoms with Crippen molar-refractivity contribution < 1.29 is 0 Å². The topological polar surface area (TPSA) is 38.0 Å². The smallest absolute Gasteiger partial charge is 0.0442 e. The number of hydrogen-bond donors (Lipinski definition) is 2. The van der Waals surface area contributed by atoms with Gasteiger partial charge in [-0.25, -0.2) is 0 Å². The van der Waals surface area contributed by atoms with Gasteiger partial charge in [0.05, 0.1) is 0 Å². The molecule has 3 N–H and O–H groups in total. The van der Waals surface area contributed by atoms with E-state index in [1.54, 1.807) is 0 Å². The van der Waals surface area contributed by atoms with Crippen LogP contribution in [0, 0.1) is 17.3 Å². The molecule has 0 amide bonds. The van der Waals surface area contributed by atoms with Gasteiger partial charge in [-0.05, 0) is 49.9 Å². The SMILES string of the molecule is C=C(C)C(NN)C1CCC(C(C)(C)C)CC1. The van der Waals surface area contributed by atoms with Crippen LogP contribution in [0.25, 0.3) is 0 Å². The molecule has 1 fully saturated rings. The van der Waals surface area contributed by atoms with Crippen LogP contribution >= 0.6 is 0 Å². The molecule has 0 radical (unpaired) electrons. The summed E-state index contributed by atoms with van der Waals surface area (Å²) in [5.41, 5.74) is 4.55. The second-order valence-corrected chi connectivity index (χ2v) is 6.47. The fraction of sp³-hybridized carbons (Fsp3) is 0.857. The highest BCUT2D eigenvalue weighted by Crippen LogP contribution is 2.41. The van der Waals surface area contributed by atoms with Gasteiger partial charge in [-0.2, -0.15) is 0 Å². The molecule has 2 nitrogen and oxygen atoms in total. The summed E-state index contributed by atoms with van der Waals surface area (Å²) >= 11 is 0. The van der Waals surface area contributed by atoms with Gasteiger partial charge in [-0.1, -0.05) is 32.9 Å². The summed E-state index contributed by atoms with van der Waals surface area (Å²) < 4.78 is 0. The van der Waals surface area contributed by atoms with Gasteiger partial charge in [-0.15, -0.1) is 0 Å². The second-order valence-electron chi connectivity index (χ2n) is 6.47. The third-order valence-electron chi connectivity index (χ3n) is 4.18. The Hall–Kier alpha value is -0.340. The number of nitrogens with two attached hydrogens (primary N) is 1. The molecule has 0 spiro atoms. The zero-order chi connectivity index (χ0) is 12.3. The summed E-state index contributed by atoms with van der Waals surface area (Å²) in [6.45, 7) is 13.2. The molecular formula is C14H28N2. The Balaban J connectivity index is 2.51. The molecule has 1 rings (SSSR count). The van der Waals surface area contributed by atoms with Crippen LogP contribution in [0.3, 0.4) is 0 Å². The van der Waals surface area contributed by atoms with Crippen LogP contribution < -0.4 is 11.3 Å². The fourth-order valence-electron chi connectivity index (χ4n) is 3.00. The summed E-state index contributed by atoms with van der Waals surface area (Å²) in [6.07, 6.45) is 5.23. The molecule has 16 heavy (non-hydrogen) atoms. The zero-order valence-electron chi connectivity index (χ0n) is 11.3. The molecule has 1 unspecified atom stereocenters. The molecule has 1 aliphatic carbocycles. The molecule has 0 heterocycles. The highest BCUT2D eigenvalue weighted by molar-refractivity contribution is 5.04. The van der Waals surface area contributed by atoms with E-state index in [1.165, 1.54) is 31.3 Å². The van der Waals surface area contributed by atoms with E-state index >= 15 is 0 Å². The van der Waals surface area contributed by atoms with Crippen LogP contribution in [0.2, 0.25) is 0 Å². The highest BCUT2D eigenvalue weighted by Gasteiger charge is 2.32. The minimum absolute atomic E-state index is 0.306. The summed E-state index contributed by atoms with van der Waals surface area (Å²) in [5, 5.41) is 0. The van der Waals surface area contributed by atoms with E-state index in [-0.39, 0.29) is 0 Å². The van der Waals surface area contributed by atoms with Gasteiger partial charge >= 0.3 is 0 Å². The van der Waals surface area contributed by atoms with Crippen molar-refractivity contribution in [3.05, 3.63) is 12.2 Å². The predicted octanol–water partition coefficient (Wildman–Crippen LogP) is 3.25. The van der Waals surface area contributed by atoms with Gasteiger partial charge in [-0.3, -0.25) is 11.3 Å². The van der Waals surface area contributed by atoms with Crippen molar-refractivity contribution >= 4 is 0 Å². The van der Waals surface area contributed by atoms with E-state index in [1.807, 2.05) is 0 Å². The van der Waals surface area contributed by atoms with Crippen molar-refractivity contribution in [3.63, 3.8) is 0 Å². The average Bonchev–Trinajstić information content (AvgIpc) is 2.17. The van der Waals surface area contributed by atoms with Crippen molar-refractivity contribution in [2.75, 3.05) is 0 Å². The maximum atomic E-state index is 5.61. The molecule has 2 heteroatoms. The first kappa shape index (κ1) is 13.7.